The normalized spacial score (nSPS) is 12.1. The Kier molecular flexibility index (Phi) is 7.27. The second-order valence-electron chi connectivity index (χ2n) is 7.26. The van der Waals surface area contributed by atoms with Gasteiger partial charge in [0.1, 0.15) is 12.2 Å². The van der Waals surface area contributed by atoms with Gasteiger partial charge in [0.2, 0.25) is 0 Å². The molecule has 156 valence electrons. The fraction of sp³-hybridized carbons (Fsp3) is 0.500. The van der Waals surface area contributed by atoms with E-state index in [-0.39, 0.29) is 0 Å². The van der Waals surface area contributed by atoms with Crippen molar-refractivity contribution in [3.63, 3.8) is 0 Å². The summed E-state index contributed by atoms with van der Waals surface area (Å²) >= 11 is 0. The maximum absolute atomic E-state index is 5.47. The summed E-state index contributed by atoms with van der Waals surface area (Å²) in [5.74, 6) is 2.02. The summed E-state index contributed by atoms with van der Waals surface area (Å²) in [4.78, 5) is 9.35. The van der Waals surface area contributed by atoms with Gasteiger partial charge in [-0.2, -0.15) is 0 Å². The van der Waals surface area contributed by atoms with E-state index in [4.69, 9.17) is 9.51 Å². The summed E-state index contributed by atoms with van der Waals surface area (Å²) in [6, 6.07) is 6.16. The van der Waals surface area contributed by atoms with Crippen LogP contribution in [-0.4, -0.2) is 33.6 Å². The zero-order valence-electron chi connectivity index (χ0n) is 17.9. The summed E-state index contributed by atoms with van der Waals surface area (Å²) in [7, 11) is 0. The van der Waals surface area contributed by atoms with Gasteiger partial charge in [-0.1, -0.05) is 25.1 Å². The summed E-state index contributed by atoms with van der Waals surface area (Å²) in [5, 5.41) is 10.9. The van der Waals surface area contributed by atoms with E-state index in [1.165, 1.54) is 5.56 Å². The first-order valence-corrected chi connectivity index (χ1v) is 10.5. The maximum Gasteiger partial charge on any atom is 0.191 e. The number of aliphatic imine (C=N–C) groups is 1. The van der Waals surface area contributed by atoms with Gasteiger partial charge in [-0.3, -0.25) is 0 Å². The second-order valence-corrected chi connectivity index (χ2v) is 7.26. The summed E-state index contributed by atoms with van der Waals surface area (Å²) < 4.78 is 7.55. The number of guanidine groups is 1. The highest BCUT2D eigenvalue weighted by Gasteiger charge is 2.13. The number of rotatable bonds is 9. The highest BCUT2D eigenvalue weighted by molar-refractivity contribution is 5.79. The largest absolute Gasteiger partial charge is 0.359 e. The molecular formula is C22H32N6O. The number of aryl methyl sites for hydroxylation is 1. The zero-order valence-corrected chi connectivity index (χ0v) is 17.9. The third-order valence-electron chi connectivity index (χ3n) is 5.12. The maximum atomic E-state index is 5.47. The van der Waals surface area contributed by atoms with Crippen LogP contribution in [0.1, 0.15) is 62.2 Å². The Labute approximate surface area is 172 Å². The predicted octanol–water partition coefficient (Wildman–Crippen LogP) is 3.83. The van der Waals surface area contributed by atoms with Gasteiger partial charge < -0.3 is 19.6 Å². The molecule has 0 amide bonds. The molecule has 29 heavy (non-hydrogen) atoms. The molecular weight excluding hydrogens is 364 g/mol. The molecule has 0 saturated heterocycles. The molecule has 0 bridgehead atoms. The first kappa shape index (κ1) is 20.9. The van der Waals surface area contributed by atoms with Crippen molar-refractivity contribution >= 4 is 11.6 Å². The molecule has 0 atom stereocenters. The predicted molar refractivity (Wildman–Crippen MR) is 116 cm³/mol. The van der Waals surface area contributed by atoms with Gasteiger partial charge in [-0.15, -0.1) is 0 Å². The van der Waals surface area contributed by atoms with Gasteiger partial charge in [0.25, 0.3) is 0 Å². The molecule has 0 aliphatic rings. The van der Waals surface area contributed by atoms with Gasteiger partial charge in [-0.25, -0.2) is 9.98 Å². The van der Waals surface area contributed by atoms with Crippen LogP contribution in [0.2, 0.25) is 0 Å². The minimum Gasteiger partial charge on any atom is -0.359 e. The van der Waals surface area contributed by atoms with E-state index in [0.717, 1.165) is 61.1 Å². The topological polar surface area (TPSA) is 79.8 Å². The van der Waals surface area contributed by atoms with Crippen LogP contribution in [0, 0.1) is 6.92 Å². The Morgan fingerprint density at radius 3 is 2.79 bits per heavy atom. The molecule has 0 fully saturated rings. The molecule has 7 heteroatoms. The molecule has 0 saturated carbocycles. The lowest BCUT2D eigenvalue weighted by atomic mass is 9.99. The molecule has 3 rings (SSSR count). The van der Waals surface area contributed by atoms with Crippen LogP contribution in [0.25, 0.3) is 5.65 Å². The minimum absolute atomic E-state index is 0.455. The van der Waals surface area contributed by atoms with Crippen molar-refractivity contribution in [2.45, 2.75) is 59.4 Å². The van der Waals surface area contributed by atoms with Crippen LogP contribution >= 0.6 is 0 Å². The van der Waals surface area contributed by atoms with Crippen molar-refractivity contribution in [2.75, 3.05) is 13.1 Å². The number of hydrogen-bond acceptors (Lipinski definition) is 4. The molecule has 0 aliphatic heterocycles. The van der Waals surface area contributed by atoms with Crippen molar-refractivity contribution in [3.8, 4) is 0 Å². The van der Waals surface area contributed by atoms with E-state index >= 15 is 0 Å². The quantitative estimate of drug-likeness (QED) is 0.424. The standard InChI is InChI=1S/C22H32N6O/c1-5-17(6-2)20-13-19(29-27-20)14-25-22(23-7-3)24-11-10-18-15-28-12-8-9-16(4)21(28)26-18/h8-9,12-13,15,17H,5-7,10-11,14H2,1-4H3,(H2,23,24,25). The van der Waals surface area contributed by atoms with Crippen LogP contribution in [-0.2, 0) is 13.0 Å². The second kappa shape index (κ2) is 10.1. The number of pyridine rings is 1. The van der Waals surface area contributed by atoms with E-state index in [2.05, 4.69) is 65.1 Å². The molecule has 2 N–H and O–H groups in total. The Bertz CT molecular complexity index is 938. The first-order valence-electron chi connectivity index (χ1n) is 10.5. The van der Waals surface area contributed by atoms with Gasteiger partial charge >= 0.3 is 0 Å². The third-order valence-corrected chi connectivity index (χ3v) is 5.12. The number of imidazole rings is 1. The fourth-order valence-electron chi connectivity index (χ4n) is 3.44. The Hall–Kier alpha value is -2.83. The number of aromatic nitrogens is 3. The number of nitrogens with one attached hydrogen (secondary N) is 2. The highest BCUT2D eigenvalue weighted by atomic mass is 16.5. The molecule has 3 heterocycles. The zero-order chi connectivity index (χ0) is 20.6. The van der Waals surface area contributed by atoms with E-state index in [1.807, 2.05) is 18.3 Å². The van der Waals surface area contributed by atoms with Crippen LogP contribution < -0.4 is 10.6 Å². The molecule has 0 aliphatic carbocycles. The average Bonchev–Trinajstić information content (AvgIpc) is 3.35. The summed E-state index contributed by atoms with van der Waals surface area (Å²) in [6.45, 7) is 10.5. The number of nitrogens with zero attached hydrogens (tertiary/aromatic N) is 4. The lowest BCUT2D eigenvalue weighted by Gasteiger charge is -2.10. The van der Waals surface area contributed by atoms with E-state index in [0.29, 0.717) is 12.5 Å². The Morgan fingerprint density at radius 2 is 2.07 bits per heavy atom. The van der Waals surface area contributed by atoms with Gasteiger partial charge in [0, 0.05) is 43.9 Å². The monoisotopic (exact) mass is 396 g/mol. The molecule has 7 nitrogen and oxygen atoms in total. The van der Waals surface area contributed by atoms with Crippen LogP contribution in [0.5, 0.6) is 0 Å². The highest BCUT2D eigenvalue weighted by Crippen LogP contribution is 2.22. The average molecular weight is 397 g/mol. The van der Waals surface area contributed by atoms with Crippen molar-refractivity contribution in [2.24, 2.45) is 4.99 Å². The summed E-state index contributed by atoms with van der Waals surface area (Å²) in [6.07, 6.45) is 7.08. The molecule has 0 radical (unpaired) electrons. The van der Waals surface area contributed by atoms with E-state index in [9.17, 15) is 0 Å². The SMILES string of the molecule is CCNC(=NCc1cc(C(CC)CC)no1)NCCc1cn2cccc(C)c2n1. The number of fused-ring (bicyclic) bond motifs is 1. The van der Waals surface area contributed by atoms with Crippen LogP contribution in [0.15, 0.2) is 40.1 Å². The molecule has 3 aromatic rings. The van der Waals surface area contributed by atoms with Gasteiger partial charge in [-0.05, 0) is 38.3 Å². The molecule has 3 aromatic heterocycles. The smallest absolute Gasteiger partial charge is 0.191 e. The van der Waals surface area contributed by atoms with Gasteiger partial charge in [0.05, 0.1) is 11.4 Å². The first-order chi connectivity index (χ1) is 14.1. The number of hydrogen-bond donors (Lipinski definition) is 2. The molecule has 0 aromatic carbocycles. The lowest BCUT2D eigenvalue weighted by molar-refractivity contribution is 0.372. The van der Waals surface area contributed by atoms with Crippen LogP contribution in [0.3, 0.4) is 0 Å². The van der Waals surface area contributed by atoms with E-state index in [1.54, 1.807) is 0 Å². The summed E-state index contributed by atoms with van der Waals surface area (Å²) in [5.41, 5.74) is 4.29. The molecule has 0 spiro atoms. The Balaban J connectivity index is 1.57. The minimum atomic E-state index is 0.455. The lowest BCUT2D eigenvalue weighted by Crippen LogP contribution is -2.38. The van der Waals surface area contributed by atoms with Crippen molar-refractivity contribution in [3.05, 3.63) is 53.3 Å². The van der Waals surface area contributed by atoms with Crippen molar-refractivity contribution < 1.29 is 4.52 Å². The van der Waals surface area contributed by atoms with Crippen molar-refractivity contribution in [1.82, 2.24) is 25.2 Å². The third kappa shape index (κ3) is 5.37. The van der Waals surface area contributed by atoms with Crippen LogP contribution in [0.4, 0.5) is 0 Å². The molecule has 0 unspecified atom stereocenters. The van der Waals surface area contributed by atoms with Gasteiger partial charge in [0.15, 0.2) is 11.7 Å². The van der Waals surface area contributed by atoms with Crippen molar-refractivity contribution in [1.29, 1.82) is 0 Å². The van der Waals surface area contributed by atoms with E-state index < -0.39 is 0 Å². The Morgan fingerprint density at radius 1 is 1.24 bits per heavy atom. The fourth-order valence-corrected chi connectivity index (χ4v) is 3.44.